The zero-order valence-electron chi connectivity index (χ0n) is 24.8. The van der Waals surface area contributed by atoms with Crippen molar-refractivity contribution < 1.29 is 14.4 Å². The molecule has 0 fully saturated rings. The van der Waals surface area contributed by atoms with Crippen LogP contribution in [-0.4, -0.2) is 23.0 Å². The quantitative estimate of drug-likeness (QED) is 0.118. The van der Waals surface area contributed by atoms with Crippen LogP contribution in [0.4, 0.5) is 11.4 Å². The van der Waals surface area contributed by atoms with E-state index in [-0.39, 0.29) is 22.8 Å². The van der Waals surface area contributed by atoms with Gasteiger partial charge in [0.05, 0.1) is 5.25 Å². The van der Waals surface area contributed by atoms with E-state index in [1.54, 1.807) is 42.5 Å². The zero-order chi connectivity index (χ0) is 31.1. The number of hydrogen-bond acceptors (Lipinski definition) is 4. The fraction of sp³-hybridized carbons (Fsp3) is 0.108. The Bertz CT molecular complexity index is 1840. The standard InChI is InChI=1S/C37H33N3O3S/c1-24-16-21-33(25(2)22-24)39-35(41)26(3)44-31-19-17-30(18-20-31)38-37(43)34(40-36(42)28-11-5-4-6-12-28)23-29-14-9-13-27-10-7-8-15-32(27)29/h4-23,26H,1-3H3,(H,38,43)(H,39,41)(H,40,42)/b34-23-. The molecule has 0 aliphatic rings. The van der Waals surface area contributed by atoms with E-state index in [0.717, 1.165) is 38.0 Å². The minimum atomic E-state index is -0.455. The van der Waals surface area contributed by atoms with Crippen molar-refractivity contribution in [1.82, 2.24) is 5.32 Å². The molecule has 1 unspecified atom stereocenters. The number of aryl methyl sites for hydroxylation is 2. The Kier molecular flexibility index (Phi) is 9.57. The Balaban J connectivity index is 1.30. The second-order valence-corrected chi connectivity index (χ2v) is 11.9. The van der Waals surface area contributed by atoms with E-state index in [1.807, 2.05) is 99.6 Å². The number of carbonyl (C=O) groups is 3. The molecule has 0 saturated heterocycles. The third-order valence-corrected chi connectivity index (χ3v) is 8.20. The summed E-state index contributed by atoms with van der Waals surface area (Å²) in [4.78, 5) is 40.3. The molecule has 0 aromatic heterocycles. The molecule has 5 rings (SSSR count). The summed E-state index contributed by atoms with van der Waals surface area (Å²) in [6.45, 7) is 5.86. The average Bonchev–Trinajstić information content (AvgIpc) is 3.03. The van der Waals surface area contributed by atoms with Gasteiger partial charge in [-0.25, -0.2) is 0 Å². The molecule has 0 bridgehead atoms. The maximum atomic E-state index is 13.5. The number of fused-ring (bicyclic) bond motifs is 1. The minimum absolute atomic E-state index is 0.0864. The first-order valence-electron chi connectivity index (χ1n) is 14.3. The summed E-state index contributed by atoms with van der Waals surface area (Å²) in [6, 6.07) is 35.7. The number of rotatable bonds is 9. The van der Waals surface area contributed by atoms with E-state index >= 15 is 0 Å². The molecule has 5 aromatic rings. The molecule has 0 radical (unpaired) electrons. The topological polar surface area (TPSA) is 87.3 Å². The summed E-state index contributed by atoms with van der Waals surface area (Å²) in [6.07, 6.45) is 1.69. The van der Waals surface area contributed by atoms with Crippen molar-refractivity contribution in [3.8, 4) is 0 Å². The van der Waals surface area contributed by atoms with E-state index in [2.05, 4.69) is 16.0 Å². The SMILES string of the molecule is Cc1ccc(NC(=O)C(C)Sc2ccc(NC(=O)/C(=C/c3cccc4ccccc34)NC(=O)c3ccccc3)cc2)c(C)c1. The van der Waals surface area contributed by atoms with Crippen molar-refractivity contribution in [3.05, 3.63) is 143 Å². The van der Waals surface area contributed by atoms with Crippen LogP contribution in [0.3, 0.4) is 0 Å². The van der Waals surface area contributed by atoms with Gasteiger partial charge in [0.2, 0.25) is 5.91 Å². The van der Waals surface area contributed by atoms with Gasteiger partial charge in [0.1, 0.15) is 5.70 Å². The minimum Gasteiger partial charge on any atom is -0.325 e. The van der Waals surface area contributed by atoms with Crippen LogP contribution in [0.2, 0.25) is 0 Å². The van der Waals surface area contributed by atoms with Crippen molar-refractivity contribution >= 4 is 57.7 Å². The Morgan fingerprint density at radius 3 is 2.20 bits per heavy atom. The fourth-order valence-corrected chi connectivity index (χ4v) is 5.60. The van der Waals surface area contributed by atoms with Gasteiger partial charge in [-0.05, 0) is 91.2 Å². The summed E-state index contributed by atoms with van der Waals surface area (Å²) in [5, 5.41) is 10.4. The Labute approximate surface area is 261 Å². The number of nitrogens with one attached hydrogen (secondary N) is 3. The van der Waals surface area contributed by atoms with E-state index in [4.69, 9.17) is 0 Å². The van der Waals surface area contributed by atoms with E-state index < -0.39 is 5.91 Å². The lowest BCUT2D eigenvalue weighted by Gasteiger charge is -2.15. The van der Waals surface area contributed by atoms with Crippen LogP contribution in [0, 0.1) is 13.8 Å². The third-order valence-electron chi connectivity index (χ3n) is 7.09. The number of amides is 3. The number of benzene rings is 5. The average molecular weight is 600 g/mol. The van der Waals surface area contributed by atoms with E-state index in [9.17, 15) is 14.4 Å². The summed E-state index contributed by atoms with van der Waals surface area (Å²) >= 11 is 1.43. The van der Waals surface area contributed by atoms with Gasteiger partial charge in [-0.3, -0.25) is 14.4 Å². The van der Waals surface area contributed by atoms with Crippen LogP contribution in [-0.2, 0) is 9.59 Å². The predicted octanol–water partition coefficient (Wildman–Crippen LogP) is 7.99. The highest BCUT2D eigenvalue weighted by Crippen LogP contribution is 2.27. The number of thioether (sulfide) groups is 1. The van der Waals surface area contributed by atoms with Gasteiger partial charge in [0, 0.05) is 21.8 Å². The van der Waals surface area contributed by atoms with Crippen LogP contribution in [0.25, 0.3) is 16.8 Å². The van der Waals surface area contributed by atoms with Gasteiger partial charge in [0.25, 0.3) is 11.8 Å². The molecule has 220 valence electrons. The Morgan fingerprint density at radius 1 is 0.750 bits per heavy atom. The van der Waals surface area contributed by atoms with Gasteiger partial charge in [-0.15, -0.1) is 11.8 Å². The van der Waals surface area contributed by atoms with Crippen LogP contribution < -0.4 is 16.0 Å². The zero-order valence-corrected chi connectivity index (χ0v) is 25.6. The highest BCUT2D eigenvalue weighted by molar-refractivity contribution is 8.00. The van der Waals surface area contributed by atoms with Gasteiger partial charge < -0.3 is 16.0 Å². The maximum absolute atomic E-state index is 13.5. The van der Waals surface area contributed by atoms with E-state index in [1.165, 1.54) is 11.8 Å². The lowest BCUT2D eigenvalue weighted by molar-refractivity contribution is -0.115. The molecule has 0 heterocycles. The first-order chi connectivity index (χ1) is 21.3. The lowest BCUT2D eigenvalue weighted by Crippen LogP contribution is -2.30. The second kappa shape index (κ2) is 13.9. The molecule has 0 saturated carbocycles. The van der Waals surface area contributed by atoms with Crippen molar-refractivity contribution in [2.75, 3.05) is 10.6 Å². The van der Waals surface area contributed by atoms with Gasteiger partial charge in [-0.1, -0.05) is 78.4 Å². The molecule has 0 aliphatic heterocycles. The van der Waals surface area contributed by atoms with Crippen molar-refractivity contribution in [1.29, 1.82) is 0 Å². The van der Waals surface area contributed by atoms with Crippen molar-refractivity contribution in [3.63, 3.8) is 0 Å². The fourth-order valence-electron chi connectivity index (χ4n) is 4.74. The largest absolute Gasteiger partial charge is 0.325 e. The van der Waals surface area contributed by atoms with Crippen molar-refractivity contribution in [2.24, 2.45) is 0 Å². The van der Waals surface area contributed by atoms with Crippen LogP contribution in [0.5, 0.6) is 0 Å². The lowest BCUT2D eigenvalue weighted by atomic mass is 10.0. The summed E-state index contributed by atoms with van der Waals surface area (Å²) in [7, 11) is 0. The smallest absolute Gasteiger partial charge is 0.272 e. The van der Waals surface area contributed by atoms with Crippen LogP contribution in [0.1, 0.15) is 34.0 Å². The highest BCUT2D eigenvalue weighted by atomic mass is 32.2. The maximum Gasteiger partial charge on any atom is 0.272 e. The molecule has 7 heteroatoms. The first-order valence-corrected chi connectivity index (χ1v) is 15.2. The molecule has 0 aliphatic carbocycles. The second-order valence-electron chi connectivity index (χ2n) is 10.5. The third kappa shape index (κ3) is 7.62. The molecule has 0 spiro atoms. The highest BCUT2D eigenvalue weighted by Gasteiger charge is 2.18. The molecule has 3 amide bonds. The number of anilines is 2. The van der Waals surface area contributed by atoms with E-state index in [0.29, 0.717) is 11.3 Å². The molecular formula is C37H33N3O3S. The number of carbonyl (C=O) groups excluding carboxylic acids is 3. The normalized spacial score (nSPS) is 11.9. The summed E-state index contributed by atoms with van der Waals surface area (Å²) < 4.78 is 0. The van der Waals surface area contributed by atoms with Gasteiger partial charge in [0.15, 0.2) is 0 Å². The van der Waals surface area contributed by atoms with Gasteiger partial charge >= 0.3 is 0 Å². The monoisotopic (exact) mass is 599 g/mol. The summed E-state index contributed by atoms with van der Waals surface area (Å²) in [5.41, 5.74) is 4.89. The van der Waals surface area contributed by atoms with Crippen molar-refractivity contribution in [2.45, 2.75) is 30.9 Å². The molecular weight excluding hydrogens is 566 g/mol. The first kappa shape index (κ1) is 30.3. The van der Waals surface area contributed by atoms with Crippen LogP contribution in [0.15, 0.2) is 126 Å². The Hall–Kier alpha value is -5.14. The molecule has 5 aromatic carbocycles. The summed E-state index contributed by atoms with van der Waals surface area (Å²) in [5.74, 6) is -0.924. The molecule has 6 nitrogen and oxygen atoms in total. The molecule has 3 N–H and O–H groups in total. The molecule has 44 heavy (non-hydrogen) atoms. The number of hydrogen-bond donors (Lipinski definition) is 3. The van der Waals surface area contributed by atoms with Crippen LogP contribution >= 0.6 is 11.8 Å². The molecule has 1 atom stereocenters. The Morgan fingerprint density at radius 2 is 1.45 bits per heavy atom. The van der Waals surface area contributed by atoms with Gasteiger partial charge in [-0.2, -0.15) is 0 Å². The predicted molar refractivity (Wildman–Crippen MR) is 181 cm³/mol.